The average Bonchev–Trinajstić information content (AvgIpc) is 2.97. The number of anilines is 6. The minimum atomic E-state index is -0.655. The molecule has 0 aliphatic carbocycles. The fourth-order valence-corrected chi connectivity index (χ4v) is 4.76. The summed E-state index contributed by atoms with van der Waals surface area (Å²) in [6.45, 7) is 9.09. The van der Waals surface area contributed by atoms with Crippen LogP contribution in [0.2, 0.25) is 5.02 Å². The predicted molar refractivity (Wildman–Crippen MR) is 169 cm³/mol. The second kappa shape index (κ2) is 13.3. The minimum absolute atomic E-state index is 0.142. The van der Waals surface area contributed by atoms with Crippen molar-refractivity contribution in [2.75, 3.05) is 61.8 Å². The molecule has 1 aliphatic rings. The Labute approximate surface area is 255 Å². The standard InChI is InChI=1S/C30H36ClFN8O3/c1-8-26(41)34-21-14-22(25(43-7)15-24(21)38(6)13-12-37(4)5)35-29-33-16-19-17-39(18(2)3)30(42)40(28(19)36-29)23-11-9-10-20(32)27(23)31/h8-11,14-16,18H,1,12-13,17H2,2-7H3,(H,34,41)(H,33,35,36). The molecule has 228 valence electrons. The molecule has 1 aromatic heterocycles. The van der Waals surface area contributed by atoms with Gasteiger partial charge in [-0.2, -0.15) is 4.98 Å². The molecular weight excluding hydrogens is 575 g/mol. The van der Waals surface area contributed by atoms with E-state index in [1.165, 1.54) is 30.2 Å². The summed E-state index contributed by atoms with van der Waals surface area (Å²) in [6.07, 6.45) is 2.81. The Balaban J connectivity index is 1.78. The smallest absolute Gasteiger partial charge is 0.330 e. The van der Waals surface area contributed by atoms with Gasteiger partial charge in [0, 0.05) is 44.0 Å². The Morgan fingerprint density at radius 3 is 2.63 bits per heavy atom. The van der Waals surface area contributed by atoms with Gasteiger partial charge in [-0.1, -0.05) is 24.2 Å². The molecule has 0 radical (unpaired) electrons. The fraction of sp³-hybridized carbons (Fsp3) is 0.333. The van der Waals surface area contributed by atoms with Gasteiger partial charge < -0.3 is 30.1 Å². The summed E-state index contributed by atoms with van der Waals surface area (Å²) < 4.78 is 20.2. The number of hydrogen-bond acceptors (Lipinski definition) is 8. The van der Waals surface area contributed by atoms with Gasteiger partial charge in [0.15, 0.2) is 5.82 Å². The molecule has 0 atom stereocenters. The topological polar surface area (TPSA) is 106 Å². The maximum Gasteiger partial charge on any atom is 0.330 e. The lowest BCUT2D eigenvalue weighted by atomic mass is 10.1. The van der Waals surface area contributed by atoms with Crippen molar-refractivity contribution >= 4 is 58.1 Å². The van der Waals surface area contributed by atoms with Gasteiger partial charge >= 0.3 is 6.03 Å². The third-order valence-corrected chi connectivity index (χ3v) is 7.30. The van der Waals surface area contributed by atoms with Crippen molar-refractivity contribution in [1.82, 2.24) is 19.8 Å². The first kappa shape index (κ1) is 31.5. The van der Waals surface area contributed by atoms with Gasteiger partial charge in [-0.3, -0.25) is 4.79 Å². The predicted octanol–water partition coefficient (Wildman–Crippen LogP) is 5.63. The van der Waals surface area contributed by atoms with Gasteiger partial charge in [-0.15, -0.1) is 0 Å². The van der Waals surface area contributed by atoms with Crippen LogP contribution in [0.1, 0.15) is 19.4 Å². The highest BCUT2D eigenvalue weighted by atomic mass is 35.5. The lowest BCUT2D eigenvalue weighted by Crippen LogP contribution is -2.48. The van der Waals surface area contributed by atoms with Crippen molar-refractivity contribution < 1.29 is 18.7 Å². The maximum absolute atomic E-state index is 14.5. The van der Waals surface area contributed by atoms with Crippen LogP contribution in [0.5, 0.6) is 5.75 Å². The van der Waals surface area contributed by atoms with Gasteiger partial charge in [0.25, 0.3) is 0 Å². The molecule has 11 nitrogen and oxygen atoms in total. The molecule has 0 saturated heterocycles. The molecule has 43 heavy (non-hydrogen) atoms. The first-order valence-electron chi connectivity index (χ1n) is 13.6. The Morgan fingerprint density at radius 1 is 1.23 bits per heavy atom. The monoisotopic (exact) mass is 610 g/mol. The number of methoxy groups -OCH3 is 1. The Morgan fingerprint density at radius 2 is 1.98 bits per heavy atom. The van der Waals surface area contributed by atoms with Crippen molar-refractivity contribution in [1.29, 1.82) is 0 Å². The van der Waals surface area contributed by atoms with Crippen LogP contribution in [-0.2, 0) is 11.3 Å². The average molecular weight is 611 g/mol. The number of benzene rings is 2. The number of carbonyl (C=O) groups excluding carboxylic acids is 2. The molecule has 0 saturated carbocycles. The van der Waals surface area contributed by atoms with E-state index < -0.39 is 11.8 Å². The van der Waals surface area contributed by atoms with Crippen LogP contribution in [-0.4, -0.2) is 79.1 Å². The van der Waals surface area contributed by atoms with E-state index in [4.69, 9.17) is 16.3 Å². The molecule has 3 amide bonds. The molecule has 0 fully saturated rings. The number of rotatable bonds is 11. The number of hydrogen-bond donors (Lipinski definition) is 2. The van der Waals surface area contributed by atoms with Crippen LogP contribution in [0.15, 0.2) is 49.2 Å². The SMILES string of the molecule is C=CC(=O)Nc1cc(Nc2ncc3c(n2)N(c2cccc(F)c2Cl)C(=O)N(C(C)C)C3)c(OC)cc1N(C)CCN(C)C. The normalized spacial score (nSPS) is 12.8. The van der Waals surface area contributed by atoms with Gasteiger partial charge in [-0.25, -0.2) is 19.1 Å². The molecule has 13 heteroatoms. The van der Waals surface area contributed by atoms with Crippen LogP contribution < -0.4 is 25.2 Å². The summed E-state index contributed by atoms with van der Waals surface area (Å²) >= 11 is 6.33. The number of fused-ring (bicyclic) bond motifs is 1. The summed E-state index contributed by atoms with van der Waals surface area (Å²) in [7, 11) is 7.42. The molecule has 0 unspecified atom stereocenters. The summed E-state index contributed by atoms with van der Waals surface area (Å²) in [6, 6.07) is 7.27. The largest absolute Gasteiger partial charge is 0.494 e. The minimum Gasteiger partial charge on any atom is -0.494 e. The molecule has 2 heterocycles. The van der Waals surface area contributed by atoms with E-state index in [0.717, 1.165) is 12.2 Å². The molecule has 2 N–H and O–H groups in total. The van der Waals surface area contributed by atoms with Crippen molar-refractivity contribution in [3.63, 3.8) is 0 Å². The number of halogens is 2. The zero-order valence-electron chi connectivity index (χ0n) is 25.1. The van der Waals surface area contributed by atoms with Crippen LogP contribution in [0.3, 0.4) is 0 Å². The van der Waals surface area contributed by atoms with E-state index in [2.05, 4.69) is 32.1 Å². The van der Waals surface area contributed by atoms with Gasteiger partial charge in [0.2, 0.25) is 11.9 Å². The summed E-state index contributed by atoms with van der Waals surface area (Å²) in [5, 5.41) is 5.82. The highest BCUT2D eigenvalue weighted by Gasteiger charge is 2.36. The van der Waals surface area contributed by atoms with Crippen molar-refractivity contribution in [2.24, 2.45) is 0 Å². The van der Waals surface area contributed by atoms with Gasteiger partial charge in [0.05, 0.1) is 36.4 Å². The number of ether oxygens (including phenoxy) is 1. The van der Waals surface area contributed by atoms with Gasteiger partial charge in [0.1, 0.15) is 16.6 Å². The van der Waals surface area contributed by atoms with E-state index in [1.54, 1.807) is 29.3 Å². The first-order chi connectivity index (χ1) is 20.4. The van der Waals surface area contributed by atoms with Crippen molar-refractivity contribution in [2.45, 2.75) is 26.4 Å². The second-order valence-electron chi connectivity index (χ2n) is 10.6. The molecule has 4 rings (SSSR count). The Hall–Kier alpha value is -4.42. The number of likely N-dealkylation sites (N-methyl/N-ethyl adjacent to an activating group) is 2. The highest BCUT2D eigenvalue weighted by molar-refractivity contribution is 6.34. The molecule has 2 aromatic carbocycles. The zero-order chi connectivity index (χ0) is 31.4. The van der Waals surface area contributed by atoms with Crippen LogP contribution in [0, 0.1) is 5.82 Å². The number of aromatic nitrogens is 2. The lowest BCUT2D eigenvalue weighted by molar-refractivity contribution is -0.111. The Bertz CT molecular complexity index is 1530. The summed E-state index contributed by atoms with van der Waals surface area (Å²) in [5.74, 6) is -0.144. The van der Waals surface area contributed by atoms with Gasteiger partial charge in [-0.05, 0) is 52.2 Å². The third kappa shape index (κ3) is 6.81. The molecule has 0 bridgehead atoms. The van der Waals surface area contributed by atoms with E-state index in [0.29, 0.717) is 29.2 Å². The first-order valence-corrected chi connectivity index (χ1v) is 14.0. The third-order valence-electron chi connectivity index (χ3n) is 6.93. The molecule has 3 aromatic rings. The van der Waals surface area contributed by atoms with E-state index in [-0.39, 0.29) is 41.0 Å². The van der Waals surface area contributed by atoms with E-state index in [9.17, 15) is 14.0 Å². The molecule has 0 spiro atoms. The van der Waals surface area contributed by atoms with Crippen LogP contribution in [0.4, 0.5) is 43.7 Å². The number of carbonyl (C=O) groups is 2. The van der Waals surface area contributed by atoms with Crippen molar-refractivity contribution in [3.8, 4) is 5.75 Å². The number of nitrogens with one attached hydrogen (secondary N) is 2. The molecular formula is C30H36ClFN8O3. The van der Waals surface area contributed by atoms with Crippen LogP contribution >= 0.6 is 11.6 Å². The summed E-state index contributed by atoms with van der Waals surface area (Å²) in [5.41, 5.74) is 2.54. The van der Waals surface area contributed by atoms with Crippen molar-refractivity contribution in [3.05, 3.63) is 65.6 Å². The quantitative estimate of drug-likeness (QED) is 0.269. The zero-order valence-corrected chi connectivity index (χ0v) is 25.9. The molecule has 1 aliphatic heterocycles. The lowest BCUT2D eigenvalue weighted by Gasteiger charge is -2.38. The number of urea groups is 1. The fourth-order valence-electron chi connectivity index (χ4n) is 4.55. The van der Waals surface area contributed by atoms with E-state index in [1.807, 2.05) is 39.9 Å². The Kier molecular flexibility index (Phi) is 9.72. The number of nitrogens with zero attached hydrogens (tertiary/aromatic N) is 6. The maximum atomic E-state index is 14.5. The van der Waals surface area contributed by atoms with Crippen LogP contribution in [0.25, 0.3) is 0 Å². The van der Waals surface area contributed by atoms with E-state index >= 15 is 0 Å². The second-order valence-corrected chi connectivity index (χ2v) is 10.9. The number of amides is 3. The highest BCUT2D eigenvalue weighted by Crippen LogP contribution is 2.41. The summed E-state index contributed by atoms with van der Waals surface area (Å²) in [4.78, 5) is 42.1.